The van der Waals surface area contributed by atoms with Gasteiger partial charge in [-0.15, -0.1) is 11.3 Å². The number of thiazole rings is 1. The molecule has 0 aromatic carbocycles. The van der Waals surface area contributed by atoms with E-state index in [1.54, 1.807) is 29.7 Å². The van der Waals surface area contributed by atoms with Gasteiger partial charge in [0.15, 0.2) is 0 Å². The number of pyridine rings is 1. The SMILES string of the molecule is CCCc1cc(C(=O)NCc2cnc(C)s2)cc(N)n1. The predicted molar refractivity (Wildman–Crippen MR) is 80.7 cm³/mol. The molecule has 2 heterocycles. The lowest BCUT2D eigenvalue weighted by Gasteiger charge is -2.06. The Morgan fingerprint density at radius 1 is 1.45 bits per heavy atom. The number of carbonyl (C=O) groups is 1. The van der Waals surface area contributed by atoms with E-state index in [9.17, 15) is 4.79 Å². The highest BCUT2D eigenvalue weighted by Gasteiger charge is 2.09. The number of hydrogen-bond acceptors (Lipinski definition) is 5. The summed E-state index contributed by atoms with van der Waals surface area (Å²) in [4.78, 5) is 21.5. The van der Waals surface area contributed by atoms with Crippen molar-refractivity contribution in [3.05, 3.63) is 39.5 Å². The number of aryl methyl sites for hydroxylation is 2. The van der Waals surface area contributed by atoms with Gasteiger partial charge in [0.05, 0.1) is 11.6 Å². The highest BCUT2D eigenvalue weighted by Crippen LogP contribution is 2.12. The largest absolute Gasteiger partial charge is 0.384 e. The van der Waals surface area contributed by atoms with E-state index in [1.165, 1.54) is 0 Å². The highest BCUT2D eigenvalue weighted by molar-refractivity contribution is 7.11. The van der Waals surface area contributed by atoms with E-state index in [2.05, 4.69) is 22.2 Å². The summed E-state index contributed by atoms with van der Waals surface area (Å²) in [6.45, 7) is 4.49. The summed E-state index contributed by atoms with van der Waals surface area (Å²) >= 11 is 1.58. The second-order valence-corrected chi connectivity index (χ2v) is 5.87. The molecule has 6 heteroatoms. The van der Waals surface area contributed by atoms with E-state index in [0.29, 0.717) is 17.9 Å². The van der Waals surface area contributed by atoms with E-state index in [-0.39, 0.29) is 5.91 Å². The minimum absolute atomic E-state index is 0.137. The average Bonchev–Trinajstić information content (AvgIpc) is 2.81. The maximum atomic E-state index is 12.1. The average molecular weight is 290 g/mol. The molecule has 3 N–H and O–H groups in total. The van der Waals surface area contributed by atoms with Gasteiger partial charge >= 0.3 is 0 Å². The molecule has 0 aliphatic carbocycles. The van der Waals surface area contributed by atoms with Crippen molar-refractivity contribution in [3.63, 3.8) is 0 Å². The third-order valence-corrected chi connectivity index (χ3v) is 3.67. The third kappa shape index (κ3) is 3.77. The van der Waals surface area contributed by atoms with E-state index in [0.717, 1.165) is 28.4 Å². The molecular formula is C14H18N4OS. The molecule has 1 amide bonds. The Kier molecular flexibility index (Phi) is 4.68. The van der Waals surface area contributed by atoms with Crippen LogP contribution in [0, 0.1) is 6.92 Å². The standard InChI is InChI=1S/C14H18N4OS/c1-3-4-11-5-10(6-13(15)18-11)14(19)17-8-12-7-16-9(2)20-12/h5-7H,3-4,8H2,1-2H3,(H2,15,18)(H,17,19). The van der Waals surface area contributed by atoms with Crippen molar-refractivity contribution in [2.45, 2.75) is 33.2 Å². The molecule has 2 rings (SSSR count). The molecule has 0 unspecified atom stereocenters. The van der Waals surface area contributed by atoms with Crippen LogP contribution in [0.4, 0.5) is 5.82 Å². The van der Waals surface area contributed by atoms with Crippen molar-refractivity contribution in [3.8, 4) is 0 Å². The number of nitrogens with two attached hydrogens (primary N) is 1. The Balaban J connectivity index is 2.04. The van der Waals surface area contributed by atoms with Crippen LogP contribution in [0.5, 0.6) is 0 Å². The number of rotatable bonds is 5. The van der Waals surface area contributed by atoms with Crippen LogP contribution in [0.2, 0.25) is 0 Å². The molecule has 5 nitrogen and oxygen atoms in total. The molecular weight excluding hydrogens is 272 g/mol. The van der Waals surface area contributed by atoms with E-state index < -0.39 is 0 Å². The Morgan fingerprint density at radius 2 is 2.25 bits per heavy atom. The first kappa shape index (κ1) is 14.5. The summed E-state index contributed by atoms with van der Waals surface area (Å²) in [6, 6.07) is 3.40. The van der Waals surface area contributed by atoms with Gasteiger partial charge in [-0.3, -0.25) is 4.79 Å². The lowest BCUT2D eigenvalue weighted by atomic mass is 10.1. The van der Waals surface area contributed by atoms with Crippen LogP contribution in [0.1, 0.15) is 39.3 Å². The van der Waals surface area contributed by atoms with Gasteiger partial charge in [0.1, 0.15) is 5.82 Å². The monoisotopic (exact) mass is 290 g/mol. The fourth-order valence-corrected chi connectivity index (χ4v) is 2.62. The molecule has 20 heavy (non-hydrogen) atoms. The van der Waals surface area contributed by atoms with Gasteiger partial charge in [0.25, 0.3) is 5.91 Å². The first-order valence-electron chi connectivity index (χ1n) is 6.54. The number of nitrogens with zero attached hydrogens (tertiary/aromatic N) is 2. The Labute approximate surface area is 122 Å². The molecule has 2 aromatic heterocycles. The Hall–Kier alpha value is -1.95. The van der Waals surface area contributed by atoms with Crippen molar-refractivity contribution in [2.75, 3.05) is 5.73 Å². The Morgan fingerprint density at radius 3 is 2.90 bits per heavy atom. The molecule has 0 spiro atoms. The fraction of sp³-hybridized carbons (Fsp3) is 0.357. The first-order valence-corrected chi connectivity index (χ1v) is 7.36. The molecule has 0 saturated carbocycles. The predicted octanol–water partition coefficient (Wildman–Crippen LogP) is 2.31. The van der Waals surface area contributed by atoms with Crippen molar-refractivity contribution < 1.29 is 4.79 Å². The zero-order chi connectivity index (χ0) is 14.5. The quantitative estimate of drug-likeness (QED) is 0.885. The second-order valence-electron chi connectivity index (χ2n) is 4.55. The van der Waals surface area contributed by atoms with Crippen LogP contribution in [-0.4, -0.2) is 15.9 Å². The number of aromatic nitrogens is 2. The van der Waals surface area contributed by atoms with Crippen molar-refractivity contribution >= 4 is 23.1 Å². The normalized spacial score (nSPS) is 10.5. The minimum Gasteiger partial charge on any atom is -0.384 e. The first-order chi connectivity index (χ1) is 9.58. The highest BCUT2D eigenvalue weighted by atomic mass is 32.1. The topological polar surface area (TPSA) is 80.9 Å². The van der Waals surface area contributed by atoms with Gasteiger partial charge in [-0.05, 0) is 25.5 Å². The third-order valence-electron chi connectivity index (χ3n) is 2.76. The van der Waals surface area contributed by atoms with E-state index >= 15 is 0 Å². The zero-order valence-electron chi connectivity index (χ0n) is 11.6. The summed E-state index contributed by atoms with van der Waals surface area (Å²) in [5.74, 6) is 0.247. The van der Waals surface area contributed by atoms with Crippen LogP contribution >= 0.6 is 11.3 Å². The number of hydrogen-bond donors (Lipinski definition) is 2. The van der Waals surface area contributed by atoms with Gasteiger partial charge in [-0.1, -0.05) is 13.3 Å². The summed E-state index contributed by atoms with van der Waals surface area (Å²) in [5.41, 5.74) is 7.15. The lowest BCUT2D eigenvalue weighted by Crippen LogP contribution is -2.22. The summed E-state index contributed by atoms with van der Waals surface area (Å²) in [5, 5.41) is 3.87. The fourth-order valence-electron chi connectivity index (χ4n) is 1.88. The number of nitrogens with one attached hydrogen (secondary N) is 1. The van der Waals surface area contributed by atoms with Gasteiger partial charge in [0.2, 0.25) is 0 Å². The molecule has 0 radical (unpaired) electrons. The molecule has 106 valence electrons. The van der Waals surface area contributed by atoms with Crippen LogP contribution in [0.25, 0.3) is 0 Å². The van der Waals surface area contributed by atoms with Crippen molar-refractivity contribution in [1.29, 1.82) is 0 Å². The van der Waals surface area contributed by atoms with Crippen LogP contribution in [0.15, 0.2) is 18.3 Å². The van der Waals surface area contributed by atoms with Crippen LogP contribution < -0.4 is 11.1 Å². The van der Waals surface area contributed by atoms with Crippen LogP contribution in [-0.2, 0) is 13.0 Å². The molecule has 0 aliphatic heterocycles. The van der Waals surface area contributed by atoms with Gasteiger partial charge in [-0.2, -0.15) is 0 Å². The zero-order valence-corrected chi connectivity index (χ0v) is 12.5. The second kappa shape index (κ2) is 6.47. The molecule has 0 fully saturated rings. The number of amides is 1. The number of nitrogen functional groups attached to an aromatic ring is 1. The molecule has 2 aromatic rings. The van der Waals surface area contributed by atoms with Crippen LogP contribution in [0.3, 0.4) is 0 Å². The smallest absolute Gasteiger partial charge is 0.251 e. The van der Waals surface area contributed by atoms with E-state index in [4.69, 9.17) is 5.73 Å². The molecule has 0 bridgehead atoms. The van der Waals surface area contributed by atoms with Gasteiger partial charge < -0.3 is 11.1 Å². The Bertz CT molecular complexity index is 609. The van der Waals surface area contributed by atoms with Gasteiger partial charge in [0, 0.05) is 22.3 Å². The molecule has 0 atom stereocenters. The van der Waals surface area contributed by atoms with Gasteiger partial charge in [-0.25, -0.2) is 9.97 Å². The maximum absolute atomic E-state index is 12.1. The molecule has 0 aliphatic rings. The van der Waals surface area contributed by atoms with Crippen molar-refractivity contribution in [1.82, 2.24) is 15.3 Å². The summed E-state index contributed by atoms with van der Waals surface area (Å²) in [7, 11) is 0. The maximum Gasteiger partial charge on any atom is 0.251 e. The number of anilines is 1. The minimum atomic E-state index is -0.137. The van der Waals surface area contributed by atoms with E-state index in [1.807, 2.05) is 6.92 Å². The number of carbonyl (C=O) groups excluding carboxylic acids is 1. The molecule has 0 saturated heterocycles. The van der Waals surface area contributed by atoms with Crippen molar-refractivity contribution in [2.24, 2.45) is 0 Å². The lowest BCUT2D eigenvalue weighted by molar-refractivity contribution is 0.0951. The summed E-state index contributed by atoms with van der Waals surface area (Å²) < 4.78 is 0. The summed E-state index contributed by atoms with van der Waals surface area (Å²) in [6.07, 6.45) is 3.57.